The van der Waals surface area contributed by atoms with Gasteiger partial charge in [0.15, 0.2) is 0 Å². The fourth-order valence-electron chi connectivity index (χ4n) is 3.09. The van der Waals surface area contributed by atoms with Crippen LogP contribution in [0.1, 0.15) is 45.2 Å². The summed E-state index contributed by atoms with van der Waals surface area (Å²) >= 11 is 14.2. The van der Waals surface area contributed by atoms with Gasteiger partial charge in [-0.15, -0.1) is 11.8 Å². The van der Waals surface area contributed by atoms with Crippen LogP contribution in [0.2, 0.25) is 10.0 Å². The Hall–Kier alpha value is -1.69. The summed E-state index contributed by atoms with van der Waals surface area (Å²) in [5, 5.41) is 3.94. The number of hydrogen-bond acceptors (Lipinski definition) is 3. The Labute approximate surface area is 199 Å². The SMILES string of the molecule is CCC(C(=O)NC(C)(C)C)N(Cc1c(Cl)cccc1Cl)C(=O)CSc1ccc(C)cc1. The van der Waals surface area contributed by atoms with E-state index in [0.29, 0.717) is 22.0 Å². The molecule has 2 amide bonds. The number of nitrogens with one attached hydrogen (secondary N) is 1. The molecule has 0 fully saturated rings. The highest BCUT2D eigenvalue weighted by atomic mass is 35.5. The highest BCUT2D eigenvalue weighted by Gasteiger charge is 2.31. The first-order valence-corrected chi connectivity index (χ1v) is 12.0. The molecule has 0 heterocycles. The first-order valence-electron chi connectivity index (χ1n) is 10.3. The minimum absolute atomic E-state index is 0.141. The Balaban J connectivity index is 2.29. The van der Waals surface area contributed by atoms with Crippen LogP contribution in [-0.2, 0) is 16.1 Å². The maximum atomic E-state index is 13.3. The number of hydrogen-bond donors (Lipinski definition) is 1. The van der Waals surface area contributed by atoms with Gasteiger partial charge in [0.25, 0.3) is 0 Å². The van der Waals surface area contributed by atoms with Crippen LogP contribution in [0, 0.1) is 6.92 Å². The Morgan fingerprint density at radius 3 is 2.16 bits per heavy atom. The number of rotatable bonds is 8. The number of carbonyl (C=O) groups is 2. The molecule has 0 aliphatic heterocycles. The number of benzene rings is 2. The molecule has 0 aliphatic rings. The normalized spacial score (nSPS) is 12.4. The van der Waals surface area contributed by atoms with Crippen LogP contribution < -0.4 is 5.32 Å². The first-order chi connectivity index (χ1) is 14.5. The van der Waals surface area contributed by atoms with Gasteiger partial charge in [0.2, 0.25) is 11.8 Å². The zero-order valence-electron chi connectivity index (χ0n) is 18.7. The average molecular weight is 481 g/mol. The summed E-state index contributed by atoms with van der Waals surface area (Å²) in [6, 6.07) is 12.6. The van der Waals surface area contributed by atoms with E-state index in [4.69, 9.17) is 23.2 Å². The summed E-state index contributed by atoms with van der Waals surface area (Å²) in [6.07, 6.45) is 0.477. The summed E-state index contributed by atoms with van der Waals surface area (Å²) in [7, 11) is 0. The van der Waals surface area contributed by atoms with Crippen LogP contribution in [0.3, 0.4) is 0 Å². The van der Waals surface area contributed by atoms with E-state index in [1.165, 1.54) is 11.8 Å². The molecule has 0 saturated heterocycles. The zero-order chi connectivity index (χ0) is 23.2. The highest BCUT2D eigenvalue weighted by molar-refractivity contribution is 8.00. The van der Waals surface area contributed by atoms with E-state index in [-0.39, 0.29) is 24.1 Å². The van der Waals surface area contributed by atoms with Crippen molar-refractivity contribution in [1.29, 1.82) is 0 Å². The van der Waals surface area contributed by atoms with E-state index in [1.54, 1.807) is 23.1 Å². The molecule has 4 nitrogen and oxygen atoms in total. The Bertz CT molecular complexity index is 891. The van der Waals surface area contributed by atoms with Crippen LogP contribution >= 0.6 is 35.0 Å². The number of amides is 2. The van der Waals surface area contributed by atoms with Gasteiger partial charge in [-0.3, -0.25) is 9.59 Å². The Morgan fingerprint density at radius 1 is 1.06 bits per heavy atom. The molecule has 7 heteroatoms. The van der Waals surface area contributed by atoms with E-state index in [0.717, 1.165) is 10.5 Å². The molecule has 31 heavy (non-hydrogen) atoms. The van der Waals surface area contributed by atoms with Crippen LogP contribution in [-0.4, -0.2) is 34.0 Å². The van der Waals surface area contributed by atoms with E-state index >= 15 is 0 Å². The number of carbonyl (C=O) groups excluding carboxylic acids is 2. The molecule has 168 valence electrons. The van der Waals surface area contributed by atoms with Gasteiger partial charge in [-0.25, -0.2) is 0 Å². The van der Waals surface area contributed by atoms with Crippen molar-refractivity contribution < 1.29 is 9.59 Å². The maximum absolute atomic E-state index is 13.3. The lowest BCUT2D eigenvalue weighted by Crippen LogP contribution is -2.53. The summed E-state index contributed by atoms with van der Waals surface area (Å²) in [5.41, 5.74) is 1.40. The van der Waals surface area contributed by atoms with Crippen LogP contribution in [0.25, 0.3) is 0 Å². The van der Waals surface area contributed by atoms with Crippen molar-refractivity contribution in [2.24, 2.45) is 0 Å². The Morgan fingerprint density at radius 2 is 1.65 bits per heavy atom. The van der Waals surface area contributed by atoms with Crippen LogP contribution in [0.4, 0.5) is 0 Å². The molecule has 0 aliphatic carbocycles. The number of thioether (sulfide) groups is 1. The van der Waals surface area contributed by atoms with E-state index in [1.807, 2.05) is 58.9 Å². The molecular formula is C24H30Cl2N2O2S. The van der Waals surface area contributed by atoms with Gasteiger partial charge < -0.3 is 10.2 Å². The molecule has 2 aromatic carbocycles. The highest BCUT2D eigenvalue weighted by Crippen LogP contribution is 2.28. The molecule has 0 aromatic heterocycles. The summed E-state index contributed by atoms with van der Waals surface area (Å²) < 4.78 is 0. The van der Waals surface area contributed by atoms with Gasteiger partial charge >= 0.3 is 0 Å². The Kier molecular flexibility index (Phi) is 9.28. The summed E-state index contributed by atoms with van der Waals surface area (Å²) in [5.74, 6) is -0.117. The fraction of sp³-hybridized carbons (Fsp3) is 0.417. The zero-order valence-corrected chi connectivity index (χ0v) is 21.0. The number of nitrogens with zero attached hydrogens (tertiary/aromatic N) is 1. The van der Waals surface area contributed by atoms with Gasteiger partial charge in [-0.1, -0.05) is 53.9 Å². The molecule has 2 rings (SSSR count). The van der Waals surface area contributed by atoms with Crippen LogP contribution in [0.15, 0.2) is 47.4 Å². The topological polar surface area (TPSA) is 49.4 Å². The number of halogens is 2. The van der Waals surface area contributed by atoms with Crippen molar-refractivity contribution in [1.82, 2.24) is 10.2 Å². The largest absolute Gasteiger partial charge is 0.350 e. The molecule has 1 N–H and O–H groups in total. The third kappa shape index (κ3) is 7.74. The molecule has 1 unspecified atom stereocenters. The van der Waals surface area contributed by atoms with Gasteiger partial charge in [0.1, 0.15) is 6.04 Å². The lowest BCUT2D eigenvalue weighted by atomic mass is 10.1. The maximum Gasteiger partial charge on any atom is 0.243 e. The van der Waals surface area contributed by atoms with E-state index in [9.17, 15) is 9.59 Å². The van der Waals surface area contributed by atoms with Crippen molar-refractivity contribution in [3.05, 3.63) is 63.6 Å². The quantitative estimate of drug-likeness (QED) is 0.463. The van der Waals surface area contributed by atoms with Crippen molar-refractivity contribution in [2.45, 2.75) is 64.1 Å². The third-order valence-corrected chi connectivity index (χ3v) is 6.36. The minimum atomic E-state index is -0.627. The van der Waals surface area contributed by atoms with E-state index in [2.05, 4.69) is 5.32 Å². The van der Waals surface area contributed by atoms with Crippen molar-refractivity contribution in [3.8, 4) is 0 Å². The lowest BCUT2D eigenvalue weighted by Gasteiger charge is -2.33. The second-order valence-corrected chi connectivity index (χ2v) is 10.4. The van der Waals surface area contributed by atoms with Gasteiger partial charge in [0, 0.05) is 32.6 Å². The monoisotopic (exact) mass is 480 g/mol. The average Bonchev–Trinajstić information content (AvgIpc) is 2.68. The van der Waals surface area contributed by atoms with Crippen LogP contribution in [0.5, 0.6) is 0 Å². The van der Waals surface area contributed by atoms with Gasteiger partial charge in [-0.05, 0) is 58.4 Å². The molecular weight excluding hydrogens is 451 g/mol. The lowest BCUT2D eigenvalue weighted by molar-refractivity contribution is -0.140. The minimum Gasteiger partial charge on any atom is -0.350 e. The standard InChI is InChI=1S/C24H30Cl2N2O2S/c1-6-21(23(30)27-24(3,4)5)28(14-18-19(25)8-7-9-20(18)26)22(29)15-31-17-12-10-16(2)11-13-17/h7-13,21H,6,14-15H2,1-5H3,(H,27,30). The van der Waals surface area contributed by atoms with Crippen molar-refractivity contribution in [2.75, 3.05) is 5.75 Å². The molecule has 0 saturated carbocycles. The molecule has 1 atom stereocenters. The molecule has 2 aromatic rings. The predicted molar refractivity (Wildman–Crippen MR) is 131 cm³/mol. The number of aryl methyl sites for hydroxylation is 1. The van der Waals surface area contributed by atoms with Gasteiger partial charge in [-0.2, -0.15) is 0 Å². The second kappa shape index (κ2) is 11.3. The molecule has 0 bridgehead atoms. The summed E-state index contributed by atoms with van der Waals surface area (Å²) in [4.78, 5) is 28.9. The molecule has 0 radical (unpaired) electrons. The van der Waals surface area contributed by atoms with Crippen molar-refractivity contribution in [3.63, 3.8) is 0 Å². The van der Waals surface area contributed by atoms with Crippen molar-refractivity contribution >= 4 is 46.8 Å². The smallest absolute Gasteiger partial charge is 0.243 e. The fourth-order valence-corrected chi connectivity index (χ4v) is 4.39. The summed E-state index contributed by atoms with van der Waals surface area (Å²) in [6.45, 7) is 9.84. The van der Waals surface area contributed by atoms with E-state index < -0.39 is 11.6 Å². The third-order valence-electron chi connectivity index (χ3n) is 4.66. The first kappa shape index (κ1) is 25.6. The predicted octanol–water partition coefficient (Wildman–Crippen LogP) is 6.12. The molecule has 0 spiro atoms. The van der Waals surface area contributed by atoms with Gasteiger partial charge in [0.05, 0.1) is 5.75 Å². The second-order valence-electron chi connectivity index (χ2n) is 8.49.